The maximum absolute atomic E-state index is 13.6. The average Bonchev–Trinajstić information content (AvgIpc) is 2.85. The molecule has 17 heavy (non-hydrogen) atoms. The fraction of sp³-hybridized carbons (Fsp3) is 0.364. The van der Waals surface area contributed by atoms with Crippen LogP contribution in [0.5, 0.6) is 5.75 Å². The van der Waals surface area contributed by atoms with Crippen molar-refractivity contribution in [2.75, 3.05) is 20.3 Å². The third-order valence-electron chi connectivity index (χ3n) is 2.39. The molecule has 0 saturated carbocycles. The van der Waals surface area contributed by atoms with Crippen LogP contribution in [0, 0.1) is 17.1 Å². The van der Waals surface area contributed by atoms with Gasteiger partial charge in [0.2, 0.25) is 0 Å². The minimum atomic E-state index is -0.759. The Morgan fingerprint density at radius 2 is 2.18 bits per heavy atom. The van der Waals surface area contributed by atoms with E-state index in [2.05, 4.69) is 11.1 Å². The largest absolute Gasteiger partial charge is 0.498 e. The van der Waals surface area contributed by atoms with Crippen molar-refractivity contribution in [3.8, 4) is 11.8 Å². The Morgan fingerprint density at radius 1 is 1.47 bits per heavy atom. The third kappa shape index (κ3) is 2.16. The van der Waals surface area contributed by atoms with Crippen LogP contribution in [0.15, 0.2) is 12.1 Å². The highest BCUT2D eigenvalue weighted by atomic mass is 19.1. The zero-order chi connectivity index (χ0) is 12.3. The van der Waals surface area contributed by atoms with E-state index in [0.29, 0.717) is 24.5 Å². The first-order chi connectivity index (χ1) is 8.27. The van der Waals surface area contributed by atoms with E-state index in [4.69, 9.17) is 14.2 Å². The number of hydrogen-bond donors (Lipinski definition) is 0. The molecule has 6 heteroatoms. The van der Waals surface area contributed by atoms with Gasteiger partial charge in [0, 0.05) is 5.01 Å². The maximum Gasteiger partial charge on any atom is 0.340 e. The van der Waals surface area contributed by atoms with E-state index in [1.807, 2.05) is 0 Å². The van der Waals surface area contributed by atoms with Crippen LogP contribution < -0.4 is 4.74 Å². The lowest BCUT2D eigenvalue weighted by atomic mass is 10.1. The molecular formula is C11H10FNO4. The van der Waals surface area contributed by atoms with E-state index in [1.54, 1.807) is 0 Å². The summed E-state index contributed by atoms with van der Waals surface area (Å²) in [5, 5.41) is 12.7. The Labute approximate surface area is 97.1 Å². The van der Waals surface area contributed by atoms with Gasteiger partial charge in [0.1, 0.15) is 11.6 Å². The van der Waals surface area contributed by atoms with Crippen LogP contribution in [-0.4, -0.2) is 20.3 Å². The van der Waals surface area contributed by atoms with Crippen LogP contribution in [0.1, 0.15) is 17.4 Å². The highest BCUT2D eigenvalue weighted by molar-refractivity contribution is 5.49. The maximum atomic E-state index is 13.6. The SMILES string of the molecule is COc1ccc(F)c(C#[N+][O-])c1C1OCCO1. The Hall–Kier alpha value is -1.84. The van der Waals surface area contributed by atoms with Crippen molar-refractivity contribution in [1.29, 1.82) is 0 Å². The van der Waals surface area contributed by atoms with E-state index in [0.717, 1.165) is 0 Å². The zero-order valence-electron chi connectivity index (χ0n) is 9.10. The molecule has 1 aromatic rings. The normalized spacial score (nSPS) is 15.4. The Morgan fingerprint density at radius 3 is 2.76 bits per heavy atom. The lowest BCUT2D eigenvalue weighted by molar-refractivity contribution is -0.0458. The molecule has 1 aromatic carbocycles. The molecular weight excluding hydrogens is 229 g/mol. The Bertz CT molecular complexity index is 474. The van der Waals surface area contributed by atoms with Gasteiger partial charge in [0.25, 0.3) is 0 Å². The lowest BCUT2D eigenvalue weighted by Crippen LogP contribution is -2.06. The van der Waals surface area contributed by atoms with Crippen molar-refractivity contribution >= 4 is 0 Å². The standard InChI is InChI=1S/C11H10FNO4/c1-15-9-3-2-8(12)7(6-13-14)10(9)11-16-4-5-17-11/h2-3,11H,4-5H2,1H3. The van der Waals surface area contributed by atoms with Crippen molar-refractivity contribution in [3.05, 3.63) is 39.3 Å². The van der Waals surface area contributed by atoms with Gasteiger partial charge in [0.05, 0.1) is 25.9 Å². The van der Waals surface area contributed by atoms with Crippen LogP contribution in [0.25, 0.3) is 5.01 Å². The van der Waals surface area contributed by atoms with Crippen LogP contribution in [-0.2, 0) is 9.47 Å². The summed E-state index contributed by atoms with van der Waals surface area (Å²) in [6.45, 7) is 0.802. The van der Waals surface area contributed by atoms with Gasteiger partial charge in [0.15, 0.2) is 11.9 Å². The fourth-order valence-corrected chi connectivity index (χ4v) is 1.67. The first-order valence-electron chi connectivity index (χ1n) is 4.96. The molecule has 1 aliphatic heterocycles. The smallest absolute Gasteiger partial charge is 0.340 e. The van der Waals surface area contributed by atoms with E-state index in [-0.39, 0.29) is 5.56 Å². The fourth-order valence-electron chi connectivity index (χ4n) is 1.67. The number of nitrogens with zero attached hydrogens (tertiary/aromatic N) is 1. The Kier molecular flexibility index (Phi) is 3.42. The number of benzene rings is 1. The van der Waals surface area contributed by atoms with E-state index >= 15 is 0 Å². The van der Waals surface area contributed by atoms with Gasteiger partial charge >= 0.3 is 6.07 Å². The molecule has 0 spiro atoms. The van der Waals surface area contributed by atoms with Crippen molar-refractivity contribution < 1.29 is 18.6 Å². The second-order valence-electron chi connectivity index (χ2n) is 3.31. The van der Waals surface area contributed by atoms with Crippen molar-refractivity contribution in [2.45, 2.75) is 6.29 Å². The molecule has 5 nitrogen and oxygen atoms in total. The summed E-state index contributed by atoms with van der Waals surface area (Å²) < 4.78 is 29.2. The number of halogens is 1. The van der Waals surface area contributed by atoms with E-state index in [9.17, 15) is 9.60 Å². The van der Waals surface area contributed by atoms with Gasteiger partial charge in [-0.2, -0.15) is 0 Å². The monoisotopic (exact) mass is 239 g/mol. The quantitative estimate of drug-likeness (QED) is 0.741. The molecule has 1 saturated heterocycles. The minimum absolute atomic E-state index is 0.0914. The van der Waals surface area contributed by atoms with Crippen molar-refractivity contribution in [1.82, 2.24) is 0 Å². The number of ether oxygens (including phenoxy) is 3. The molecule has 0 amide bonds. The molecule has 1 fully saturated rings. The average molecular weight is 239 g/mol. The zero-order valence-corrected chi connectivity index (χ0v) is 9.10. The summed E-state index contributed by atoms with van der Waals surface area (Å²) in [4.78, 5) is 0. The first kappa shape index (κ1) is 11.6. The molecule has 1 heterocycles. The molecule has 1 aliphatic rings. The summed E-state index contributed by atoms with van der Waals surface area (Å²) in [7, 11) is 1.43. The van der Waals surface area contributed by atoms with Gasteiger partial charge in [-0.1, -0.05) is 0 Å². The van der Waals surface area contributed by atoms with E-state index < -0.39 is 12.1 Å². The van der Waals surface area contributed by atoms with Crippen molar-refractivity contribution in [3.63, 3.8) is 0 Å². The summed E-state index contributed by atoms with van der Waals surface area (Å²) >= 11 is 0. The topological polar surface area (TPSA) is 55.1 Å². The summed E-state index contributed by atoms with van der Waals surface area (Å²) in [5.41, 5.74) is 0.204. The number of hydrogen-bond acceptors (Lipinski definition) is 4. The molecule has 90 valence electrons. The third-order valence-corrected chi connectivity index (χ3v) is 2.39. The molecule has 2 rings (SSSR count). The second-order valence-corrected chi connectivity index (χ2v) is 3.31. The first-order valence-corrected chi connectivity index (χ1v) is 4.96. The Balaban J connectivity index is 2.56. The lowest BCUT2D eigenvalue weighted by Gasteiger charge is -2.14. The summed E-state index contributed by atoms with van der Waals surface area (Å²) in [6.07, 6.45) is -0.759. The summed E-state index contributed by atoms with van der Waals surface area (Å²) in [6, 6.07) is 4.66. The summed E-state index contributed by atoms with van der Waals surface area (Å²) in [5.74, 6) is -0.260. The molecule has 0 aliphatic carbocycles. The predicted octanol–water partition coefficient (Wildman–Crippen LogP) is 2.06. The molecule has 0 aromatic heterocycles. The highest BCUT2D eigenvalue weighted by Crippen LogP contribution is 2.35. The van der Waals surface area contributed by atoms with Crippen LogP contribution in [0.2, 0.25) is 0 Å². The molecule has 0 atom stereocenters. The van der Waals surface area contributed by atoms with Gasteiger partial charge < -0.3 is 19.4 Å². The predicted molar refractivity (Wildman–Crippen MR) is 57.3 cm³/mol. The molecule has 0 N–H and O–H groups in total. The highest BCUT2D eigenvalue weighted by Gasteiger charge is 2.29. The minimum Gasteiger partial charge on any atom is -0.498 e. The van der Waals surface area contributed by atoms with Crippen molar-refractivity contribution in [2.24, 2.45) is 0 Å². The van der Waals surface area contributed by atoms with Crippen LogP contribution in [0.3, 0.4) is 0 Å². The molecule has 0 bridgehead atoms. The van der Waals surface area contributed by atoms with Crippen LogP contribution in [0.4, 0.5) is 4.39 Å². The molecule has 0 unspecified atom stereocenters. The van der Waals surface area contributed by atoms with Gasteiger partial charge in [-0.25, -0.2) is 4.39 Å². The van der Waals surface area contributed by atoms with E-state index in [1.165, 1.54) is 19.2 Å². The number of rotatable bonds is 2. The number of methoxy groups -OCH3 is 1. The van der Waals surface area contributed by atoms with Crippen LogP contribution >= 0.6 is 0 Å². The van der Waals surface area contributed by atoms with Gasteiger partial charge in [-0.3, -0.25) is 0 Å². The second kappa shape index (κ2) is 4.99. The van der Waals surface area contributed by atoms with Gasteiger partial charge in [-0.15, -0.1) is 0 Å². The van der Waals surface area contributed by atoms with Gasteiger partial charge in [-0.05, 0) is 12.1 Å². The molecule has 0 radical (unpaired) electrons.